The molecule has 1 N–H and O–H groups in total. The van der Waals surface area contributed by atoms with Crippen molar-refractivity contribution in [2.75, 3.05) is 0 Å². The first kappa shape index (κ1) is 15.1. The average molecular weight is 329 g/mol. The van der Waals surface area contributed by atoms with Crippen LogP contribution in [0.1, 0.15) is 24.7 Å². The van der Waals surface area contributed by atoms with E-state index in [4.69, 9.17) is 0 Å². The molecule has 0 bridgehead atoms. The van der Waals surface area contributed by atoms with E-state index >= 15 is 0 Å². The van der Waals surface area contributed by atoms with Crippen molar-refractivity contribution in [3.05, 3.63) is 60.7 Å². The Morgan fingerprint density at radius 1 is 1.16 bits per heavy atom. The number of nitrogens with zero attached hydrogens (tertiary/aromatic N) is 4. The molecule has 2 aromatic carbocycles. The second-order valence-electron chi connectivity index (χ2n) is 5.92. The van der Waals surface area contributed by atoms with Crippen LogP contribution < -0.4 is 0 Å². The van der Waals surface area contributed by atoms with Gasteiger partial charge in [0, 0.05) is 0 Å². The Morgan fingerprint density at radius 2 is 1.88 bits per heavy atom. The number of benzene rings is 2. The maximum Gasteiger partial charge on any atom is 0.180 e. The molecule has 122 valence electrons. The third-order valence-corrected chi connectivity index (χ3v) is 4.40. The maximum atomic E-state index is 13.0. The number of hydrogen-bond acceptors (Lipinski definition) is 4. The number of para-hydroxylation sites is 4. The van der Waals surface area contributed by atoms with Crippen LogP contribution in [0.2, 0.25) is 0 Å². The number of Topliss-reactive ketones (excluding diaryl/α,β-unsaturated/α-hetero) is 1. The molecule has 0 saturated heterocycles. The van der Waals surface area contributed by atoms with Gasteiger partial charge in [-0.05, 0) is 31.2 Å². The summed E-state index contributed by atoms with van der Waals surface area (Å²) < 4.78 is 1.80. The first-order valence-corrected chi connectivity index (χ1v) is 7.98. The van der Waals surface area contributed by atoms with Crippen LogP contribution in [0.15, 0.2) is 54.9 Å². The second-order valence-corrected chi connectivity index (χ2v) is 5.92. The molecular weight excluding hydrogens is 314 g/mol. The minimum Gasteiger partial charge on any atom is -0.340 e. The molecule has 0 amide bonds. The van der Waals surface area contributed by atoms with Gasteiger partial charge in [-0.15, -0.1) is 0 Å². The summed E-state index contributed by atoms with van der Waals surface area (Å²) in [5, 5.41) is 9.58. The van der Waals surface area contributed by atoms with Crippen molar-refractivity contribution in [2.45, 2.75) is 18.9 Å². The minimum absolute atomic E-state index is 0.218. The number of ketones is 1. The Bertz CT molecular complexity index is 1080. The summed E-state index contributed by atoms with van der Waals surface area (Å²) in [7, 11) is 0. The Labute approximate surface area is 143 Å². The molecule has 6 nitrogen and oxygen atoms in total. The largest absolute Gasteiger partial charge is 0.340 e. The third-order valence-electron chi connectivity index (χ3n) is 4.40. The van der Waals surface area contributed by atoms with Crippen molar-refractivity contribution in [1.29, 1.82) is 5.26 Å². The molecule has 0 fully saturated rings. The molecule has 2 aromatic heterocycles. The maximum absolute atomic E-state index is 13.0. The van der Waals surface area contributed by atoms with E-state index in [2.05, 4.69) is 21.0 Å². The van der Waals surface area contributed by atoms with Crippen LogP contribution in [-0.2, 0) is 4.79 Å². The van der Waals surface area contributed by atoms with Crippen LogP contribution in [0.5, 0.6) is 0 Å². The van der Waals surface area contributed by atoms with Gasteiger partial charge in [0.2, 0.25) is 0 Å². The van der Waals surface area contributed by atoms with E-state index in [1.807, 2.05) is 48.5 Å². The summed E-state index contributed by atoms with van der Waals surface area (Å²) in [5.41, 5.74) is 3.24. The van der Waals surface area contributed by atoms with Crippen molar-refractivity contribution in [3.8, 4) is 6.07 Å². The van der Waals surface area contributed by atoms with Gasteiger partial charge < -0.3 is 9.55 Å². The van der Waals surface area contributed by atoms with Crippen molar-refractivity contribution in [3.63, 3.8) is 0 Å². The molecule has 0 radical (unpaired) electrons. The molecule has 0 aliphatic heterocycles. The van der Waals surface area contributed by atoms with Crippen LogP contribution in [0.4, 0.5) is 0 Å². The number of carbonyl (C=O) groups excluding carboxylic acids is 1. The predicted octanol–water partition coefficient (Wildman–Crippen LogP) is 3.35. The average Bonchev–Trinajstić information content (AvgIpc) is 3.25. The van der Waals surface area contributed by atoms with Gasteiger partial charge in [0.1, 0.15) is 5.82 Å². The lowest BCUT2D eigenvalue weighted by Gasteiger charge is -2.15. The Hall–Kier alpha value is -3.46. The van der Waals surface area contributed by atoms with Gasteiger partial charge in [-0.25, -0.2) is 9.97 Å². The fraction of sp³-hybridized carbons (Fsp3) is 0.158. The molecule has 4 aromatic rings. The molecule has 6 heteroatoms. The summed E-state index contributed by atoms with van der Waals surface area (Å²) >= 11 is 0. The highest BCUT2D eigenvalue weighted by Gasteiger charge is 2.29. The first-order valence-electron chi connectivity index (χ1n) is 7.98. The lowest BCUT2D eigenvalue weighted by molar-refractivity contribution is -0.122. The van der Waals surface area contributed by atoms with Crippen LogP contribution in [0.25, 0.3) is 22.1 Å². The Kier molecular flexibility index (Phi) is 3.55. The van der Waals surface area contributed by atoms with E-state index in [-0.39, 0.29) is 5.78 Å². The quantitative estimate of drug-likeness (QED) is 0.622. The van der Waals surface area contributed by atoms with Crippen LogP contribution in [-0.4, -0.2) is 25.3 Å². The second kappa shape index (κ2) is 5.87. The highest BCUT2D eigenvalue weighted by molar-refractivity contribution is 5.92. The van der Waals surface area contributed by atoms with E-state index in [9.17, 15) is 10.1 Å². The fourth-order valence-corrected chi connectivity index (χ4v) is 3.03. The number of fused-ring (bicyclic) bond motifs is 2. The zero-order valence-corrected chi connectivity index (χ0v) is 13.5. The minimum atomic E-state index is -0.955. The van der Waals surface area contributed by atoms with E-state index in [0.29, 0.717) is 5.82 Å². The van der Waals surface area contributed by atoms with Crippen LogP contribution in [0, 0.1) is 11.3 Å². The normalized spacial score (nSPS) is 13.6. The Morgan fingerprint density at radius 3 is 2.64 bits per heavy atom. The van der Waals surface area contributed by atoms with E-state index in [1.54, 1.807) is 17.8 Å². The van der Waals surface area contributed by atoms with Gasteiger partial charge in [-0.2, -0.15) is 5.26 Å². The number of carbonyl (C=O) groups is 1. The molecule has 0 spiro atoms. The van der Waals surface area contributed by atoms with Gasteiger partial charge >= 0.3 is 0 Å². The summed E-state index contributed by atoms with van der Waals surface area (Å²) in [6, 6.07) is 16.7. The summed E-state index contributed by atoms with van der Waals surface area (Å²) in [6.07, 6.45) is 1.64. The predicted molar refractivity (Wildman–Crippen MR) is 93.9 cm³/mol. The standard InChI is InChI=1S/C19H15N5O/c1-12(24-11-21-16-8-4-5-9-17(16)24)18(25)13(10-20)19-22-14-6-2-3-7-15(14)23-19/h2-9,11-13H,1H3,(H,22,23)/t12-,13+/m0/s1. The SMILES string of the molecule is C[C@@H](C(=O)[C@@H](C#N)c1nc2ccccc2[nH]1)n1cnc2ccccc21. The number of H-pyrrole nitrogens is 1. The van der Waals surface area contributed by atoms with Gasteiger partial charge in [0.25, 0.3) is 0 Å². The number of rotatable bonds is 4. The highest BCUT2D eigenvalue weighted by Crippen LogP contribution is 2.25. The molecule has 2 atom stereocenters. The molecule has 0 unspecified atom stereocenters. The number of nitriles is 1. The summed E-state index contributed by atoms with van der Waals surface area (Å²) in [4.78, 5) is 24.8. The number of aromatic amines is 1. The van der Waals surface area contributed by atoms with Crippen molar-refractivity contribution in [2.24, 2.45) is 0 Å². The topological polar surface area (TPSA) is 87.4 Å². The lowest BCUT2D eigenvalue weighted by Crippen LogP contribution is -2.22. The summed E-state index contributed by atoms with van der Waals surface area (Å²) in [5.74, 6) is -0.793. The van der Waals surface area contributed by atoms with Gasteiger partial charge in [-0.3, -0.25) is 4.79 Å². The molecular formula is C19H15N5O. The molecule has 4 rings (SSSR count). The zero-order valence-electron chi connectivity index (χ0n) is 13.5. The third kappa shape index (κ3) is 2.46. The van der Waals surface area contributed by atoms with Crippen molar-refractivity contribution in [1.82, 2.24) is 19.5 Å². The molecule has 0 aliphatic carbocycles. The van der Waals surface area contributed by atoms with Gasteiger partial charge in [-0.1, -0.05) is 24.3 Å². The van der Waals surface area contributed by atoms with E-state index in [1.165, 1.54) is 0 Å². The molecule has 0 saturated carbocycles. The first-order chi connectivity index (χ1) is 12.2. The number of nitrogens with one attached hydrogen (secondary N) is 1. The zero-order chi connectivity index (χ0) is 17.4. The Balaban J connectivity index is 1.71. The lowest BCUT2D eigenvalue weighted by atomic mass is 9.99. The smallest absolute Gasteiger partial charge is 0.180 e. The van der Waals surface area contributed by atoms with Gasteiger partial charge in [0.05, 0.1) is 40.5 Å². The van der Waals surface area contributed by atoms with E-state index < -0.39 is 12.0 Å². The molecule has 2 heterocycles. The van der Waals surface area contributed by atoms with Crippen molar-refractivity contribution >= 4 is 27.9 Å². The van der Waals surface area contributed by atoms with Crippen LogP contribution >= 0.6 is 0 Å². The van der Waals surface area contributed by atoms with Crippen molar-refractivity contribution < 1.29 is 4.79 Å². The highest BCUT2D eigenvalue weighted by atomic mass is 16.1. The van der Waals surface area contributed by atoms with E-state index in [0.717, 1.165) is 22.1 Å². The summed E-state index contributed by atoms with van der Waals surface area (Å²) in [6.45, 7) is 1.78. The van der Waals surface area contributed by atoms with Crippen LogP contribution in [0.3, 0.4) is 0 Å². The number of aromatic nitrogens is 4. The number of imidazole rings is 2. The molecule has 0 aliphatic rings. The van der Waals surface area contributed by atoms with Gasteiger partial charge in [0.15, 0.2) is 11.7 Å². The number of hydrogen-bond donors (Lipinski definition) is 1. The fourth-order valence-electron chi connectivity index (χ4n) is 3.03. The molecule has 25 heavy (non-hydrogen) atoms. The monoisotopic (exact) mass is 329 g/mol.